The smallest absolute Gasteiger partial charge is 0.339 e. The molecule has 106 valence electrons. The molecule has 4 heteroatoms. The maximum absolute atomic E-state index is 12.0. The van der Waals surface area contributed by atoms with Crippen molar-refractivity contribution >= 4 is 11.0 Å². The summed E-state index contributed by atoms with van der Waals surface area (Å²) in [6.07, 6.45) is 1.73. The lowest BCUT2D eigenvalue weighted by Gasteiger charge is -2.21. The van der Waals surface area contributed by atoms with Crippen molar-refractivity contribution in [3.8, 4) is 0 Å². The molecule has 20 heavy (non-hydrogen) atoms. The lowest BCUT2D eigenvalue weighted by molar-refractivity contribution is 0.0314. The van der Waals surface area contributed by atoms with Crippen LogP contribution >= 0.6 is 0 Å². The molecular formula is C16H18O4. The van der Waals surface area contributed by atoms with Crippen LogP contribution < -0.4 is 5.63 Å². The van der Waals surface area contributed by atoms with Gasteiger partial charge in [-0.05, 0) is 49.8 Å². The fourth-order valence-corrected chi connectivity index (χ4v) is 3.03. The topological polar surface area (TPSA) is 70.7 Å². The number of aliphatic hydroxyl groups is 2. The Morgan fingerprint density at radius 1 is 1.15 bits per heavy atom. The highest BCUT2D eigenvalue weighted by Crippen LogP contribution is 2.32. The molecule has 0 saturated heterocycles. The first-order valence-corrected chi connectivity index (χ1v) is 7.03. The van der Waals surface area contributed by atoms with Gasteiger partial charge >= 0.3 is 5.63 Å². The van der Waals surface area contributed by atoms with Crippen LogP contribution in [0, 0.1) is 0 Å². The molecule has 1 aliphatic rings. The predicted octanol–water partition coefficient (Wildman–Crippen LogP) is 2.09. The number of benzene rings is 1. The second kappa shape index (κ2) is 5.04. The molecule has 0 radical (unpaired) electrons. The van der Waals surface area contributed by atoms with Gasteiger partial charge in [-0.1, -0.05) is 12.1 Å². The number of hydrogen-bond donors (Lipinski definition) is 2. The quantitative estimate of drug-likeness (QED) is 0.823. The van der Waals surface area contributed by atoms with Crippen LogP contribution in [0.15, 0.2) is 27.4 Å². The molecule has 0 spiro atoms. The van der Waals surface area contributed by atoms with Crippen molar-refractivity contribution in [2.24, 2.45) is 0 Å². The molecule has 2 atom stereocenters. The lowest BCUT2D eigenvalue weighted by Crippen LogP contribution is -2.19. The van der Waals surface area contributed by atoms with Crippen LogP contribution in [0.2, 0.25) is 0 Å². The van der Waals surface area contributed by atoms with E-state index >= 15 is 0 Å². The van der Waals surface area contributed by atoms with E-state index in [1.54, 1.807) is 25.1 Å². The summed E-state index contributed by atoms with van der Waals surface area (Å²) in [5.41, 5.74) is 2.58. The van der Waals surface area contributed by atoms with Gasteiger partial charge in [-0.25, -0.2) is 4.79 Å². The van der Waals surface area contributed by atoms with Gasteiger partial charge in [0, 0.05) is 10.9 Å². The molecule has 2 unspecified atom stereocenters. The Balaban J connectivity index is 2.35. The summed E-state index contributed by atoms with van der Waals surface area (Å²) in [6.45, 7) is 1.55. The summed E-state index contributed by atoms with van der Waals surface area (Å²) in [7, 11) is 0. The average molecular weight is 274 g/mol. The number of aryl methyl sites for hydroxylation is 1. The summed E-state index contributed by atoms with van der Waals surface area (Å²) in [5.74, 6) is 0. The van der Waals surface area contributed by atoms with Gasteiger partial charge in [0.15, 0.2) is 0 Å². The van der Waals surface area contributed by atoms with E-state index in [9.17, 15) is 15.0 Å². The Morgan fingerprint density at radius 2 is 1.85 bits per heavy atom. The number of hydrogen-bond acceptors (Lipinski definition) is 4. The van der Waals surface area contributed by atoms with Crippen molar-refractivity contribution in [3.05, 3.63) is 45.3 Å². The van der Waals surface area contributed by atoms with Crippen molar-refractivity contribution in [1.29, 1.82) is 0 Å². The highest BCUT2D eigenvalue weighted by Gasteiger charge is 2.23. The molecule has 0 amide bonds. The van der Waals surface area contributed by atoms with Crippen LogP contribution in [0.3, 0.4) is 0 Å². The number of aliphatic hydroxyl groups excluding tert-OH is 2. The lowest BCUT2D eigenvalue weighted by atomic mass is 9.87. The first-order chi connectivity index (χ1) is 9.59. The molecule has 0 bridgehead atoms. The van der Waals surface area contributed by atoms with Gasteiger partial charge in [-0.2, -0.15) is 0 Å². The van der Waals surface area contributed by atoms with E-state index in [2.05, 4.69) is 0 Å². The summed E-state index contributed by atoms with van der Waals surface area (Å²) >= 11 is 0. The molecule has 0 fully saturated rings. The predicted molar refractivity (Wildman–Crippen MR) is 75.8 cm³/mol. The zero-order valence-corrected chi connectivity index (χ0v) is 11.4. The third-order valence-electron chi connectivity index (χ3n) is 4.05. The van der Waals surface area contributed by atoms with E-state index in [0.29, 0.717) is 11.1 Å². The summed E-state index contributed by atoms with van der Waals surface area (Å²) in [6, 6.07) is 5.26. The Hall–Kier alpha value is -1.65. The van der Waals surface area contributed by atoms with Gasteiger partial charge in [0.25, 0.3) is 0 Å². The van der Waals surface area contributed by atoms with Crippen molar-refractivity contribution in [3.63, 3.8) is 0 Å². The van der Waals surface area contributed by atoms with Crippen molar-refractivity contribution in [2.45, 2.75) is 44.8 Å². The van der Waals surface area contributed by atoms with Gasteiger partial charge in [0.2, 0.25) is 0 Å². The largest absolute Gasteiger partial charge is 0.422 e. The summed E-state index contributed by atoms with van der Waals surface area (Å²) < 4.78 is 5.38. The molecule has 1 heterocycles. The van der Waals surface area contributed by atoms with E-state index in [-0.39, 0.29) is 5.63 Å². The minimum absolute atomic E-state index is 0.268. The zero-order chi connectivity index (χ0) is 14.3. The standard InChI is InChI=1S/C16H18O4/c1-9(17)15(18)12-7-4-8-13-14(12)10-5-2-3-6-11(10)16(19)20-13/h4,7-9,15,17-18H,2-3,5-6H2,1H3. The van der Waals surface area contributed by atoms with E-state index in [1.807, 2.05) is 0 Å². The van der Waals surface area contributed by atoms with Crippen molar-refractivity contribution in [2.75, 3.05) is 0 Å². The summed E-state index contributed by atoms with van der Waals surface area (Å²) in [4.78, 5) is 12.0. The van der Waals surface area contributed by atoms with E-state index in [4.69, 9.17) is 4.42 Å². The second-order valence-corrected chi connectivity index (χ2v) is 5.46. The molecule has 3 rings (SSSR count). The molecule has 2 aromatic rings. The van der Waals surface area contributed by atoms with Crippen LogP contribution in [0.4, 0.5) is 0 Å². The van der Waals surface area contributed by atoms with Crippen molar-refractivity contribution < 1.29 is 14.6 Å². The van der Waals surface area contributed by atoms with Crippen LogP contribution in [0.25, 0.3) is 11.0 Å². The monoisotopic (exact) mass is 274 g/mol. The minimum atomic E-state index is -0.975. The molecule has 2 N–H and O–H groups in total. The molecule has 1 aromatic carbocycles. The average Bonchev–Trinajstić information content (AvgIpc) is 2.46. The molecular weight excluding hydrogens is 256 g/mol. The van der Waals surface area contributed by atoms with Crippen LogP contribution in [0.5, 0.6) is 0 Å². The fraction of sp³-hybridized carbons (Fsp3) is 0.438. The highest BCUT2D eigenvalue weighted by molar-refractivity contribution is 5.85. The molecule has 4 nitrogen and oxygen atoms in total. The third-order valence-corrected chi connectivity index (χ3v) is 4.05. The SMILES string of the molecule is CC(O)C(O)c1cccc2oc(=O)c3c(c12)CCCC3. The maximum Gasteiger partial charge on any atom is 0.339 e. The molecule has 0 aliphatic heterocycles. The second-order valence-electron chi connectivity index (χ2n) is 5.46. The van der Waals surface area contributed by atoms with Gasteiger partial charge in [0.1, 0.15) is 11.7 Å². The molecule has 0 saturated carbocycles. The van der Waals surface area contributed by atoms with E-state index < -0.39 is 12.2 Å². The Labute approximate surface area is 116 Å². The number of rotatable bonds is 2. The molecule has 1 aliphatic carbocycles. The summed E-state index contributed by atoms with van der Waals surface area (Å²) in [5, 5.41) is 20.6. The van der Waals surface area contributed by atoms with E-state index in [0.717, 1.165) is 42.2 Å². The Morgan fingerprint density at radius 3 is 2.55 bits per heavy atom. The van der Waals surface area contributed by atoms with Gasteiger partial charge in [-0.15, -0.1) is 0 Å². The Bertz CT molecular complexity index is 699. The van der Waals surface area contributed by atoms with Gasteiger partial charge in [-0.3, -0.25) is 0 Å². The van der Waals surface area contributed by atoms with Gasteiger partial charge < -0.3 is 14.6 Å². The van der Waals surface area contributed by atoms with E-state index in [1.165, 1.54) is 0 Å². The van der Waals surface area contributed by atoms with Crippen LogP contribution in [0.1, 0.15) is 42.6 Å². The number of fused-ring (bicyclic) bond motifs is 3. The van der Waals surface area contributed by atoms with Crippen LogP contribution in [-0.2, 0) is 12.8 Å². The van der Waals surface area contributed by atoms with Crippen molar-refractivity contribution in [1.82, 2.24) is 0 Å². The first-order valence-electron chi connectivity index (χ1n) is 7.03. The van der Waals surface area contributed by atoms with Crippen LogP contribution in [-0.4, -0.2) is 16.3 Å². The Kier molecular flexibility index (Phi) is 3.36. The normalized spacial score (nSPS) is 17.8. The first kappa shape index (κ1) is 13.3. The third kappa shape index (κ3) is 2.05. The fourth-order valence-electron chi connectivity index (χ4n) is 3.03. The zero-order valence-electron chi connectivity index (χ0n) is 11.4. The molecule has 1 aromatic heterocycles. The maximum atomic E-state index is 12.0. The van der Waals surface area contributed by atoms with Gasteiger partial charge in [0.05, 0.1) is 6.10 Å². The highest BCUT2D eigenvalue weighted by atomic mass is 16.4. The minimum Gasteiger partial charge on any atom is -0.422 e.